The minimum Gasteiger partial charge on any atom is -0.325 e. The molecule has 0 saturated heterocycles. The van der Waals surface area contributed by atoms with Gasteiger partial charge in [0.2, 0.25) is 10.0 Å². The van der Waals surface area contributed by atoms with Gasteiger partial charge >= 0.3 is 6.18 Å². The number of hydrogen-bond donors (Lipinski definition) is 2. The Morgan fingerprint density at radius 3 is 2.17 bits per heavy atom. The Hall–Kier alpha value is -1.57. The fourth-order valence-corrected chi connectivity index (χ4v) is 2.71. The van der Waals surface area contributed by atoms with Crippen molar-refractivity contribution in [3.8, 4) is 0 Å². The third-order valence-corrected chi connectivity index (χ3v) is 4.05. The number of nitrogens with zero attached hydrogens (tertiary/aromatic N) is 1. The first-order chi connectivity index (χ1) is 10.3. The average Bonchev–Trinajstić information content (AvgIpc) is 2.44. The Bertz CT molecular complexity index is 711. The molecule has 7 nitrogen and oxygen atoms in total. The van der Waals surface area contributed by atoms with Gasteiger partial charge in [0.05, 0.1) is 28.5 Å². The van der Waals surface area contributed by atoms with E-state index >= 15 is 0 Å². The average molecular weight is 400 g/mol. The summed E-state index contributed by atoms with van der Waals surface area (Å²) in [5, 5.41) is 10.5. The minimum atomic E-state index is -5.24. The molecule has 1 aromatic rings. The Labute approximate surface area is 138 Å². The molecule has 24 heavy (non-hydrogen) atoms. The highest BCUT2D eigenvalue weighted by Gasteiger charge is 2.39. The highest BCUT2D eigenvalue weighted by Crippen LogP contribution is 2.36. The maximum atomic E-state index is 12.9. The second-order valence-corrected chi connectivity index (χ2v) is 6.06. The zero-order valence-electron chi connectivity index (χ0n) is 11.5. The first-order valence-electron chi connectivity index (χ1n) is 5.73. The molecule has 14 heteroatoms. The summed E-state index contributed by atoms with van der Waals surface area (Å²) in [7, 11) is -4.99. The minimum absolute atomic E-state index is 0. The Kier molecular flexibility index (Phi) is 7.05. The number of hydrogen-bond acceptors (Lipinski definition) is 5. The molecule has 138 valence electrons. The van der Waals surface area contributed by atoms with E-state index < -0.39 is 56.3 Å². The van der Waals surface area contributed by atoms with E-state index in [9.17, 15) is 40.5 Å². The number of halogens is 6. The number of nitrogens with one attached hydrogen (secondary N) is 1. The molecule has 0 spiro atoms. The summed E-state index contributed by atoms with van der Waals surface area (Å²) >= 11 is 0. The zero-order chi connectivity index (χ0) is 18.1. The van der Waals surface area contributed by atoms with E-state index in [1.165, 1.54) is 4.72 Å². The number of nitro benzene ring substituents is 1. The molecule has 0 fully saturated rings. The van der Waals surface area contributed by atoms with Crippen molar-refractivity contribution in [2.75, 3.05) is 13.1 Å². The van der Waals surface area contributed by atoms with Gasteiger partial charge in [0, 0.05) is 12.1 Å². The summed E-state index contributed by atoms with van der Waals surface area (Å²) in [4.78, 5) is 7.95. The van der Waals surface area contributed by atoms with Crippen molar-refractivity contribution in [1.82, 2.24) is 4.72 Å². The fraction of sp³-hybridized carbons (Fsp3) is 0.400. The van der Waals surface area contributed by atoms with Crippen LogP contribution < -0.4 is 10.5 Å². The van der Waals surface area contributed by atoms with Gasteiger partial charge < -0.3 is 5.73 Å². The summed E-state index contributed by atoms with van der Waals surface area (Å²) < 4.78 is 89.4. The molecule has 1 aromatic carbocycles. The zero-order valence-corrected chi connectivity index (χ0v) is 13.1. The van der Waals surface area contributed by atoms with Crippen LogP contribution in [0.2, 0.25) is 0 Å². The van der Waals surface area contributed by atoms with Gasteiger partial charge in [-0.05, 0) is 6.07 Å². The molecule has 0 bridgehead atoms. The van der Waals surface area contributed by atoms with Gasteiger partial charge in [-0.1, -0.05) is 0 Å². The summed E-state index contributed by atoms with van der Waals surface area (Å²) in [6, 6.07) is 0.852. The largest absolute Gasteiger partial charge is 0.417 e. The predicted molar refractivity (Wildman–Crippen MR) is 74.5 cm³/mol. The van der Waals surface area contributed by atoms with Crippen molar-refractivity contribution < 1.29 is 35.3 Å². The second kappa shape index (κ2) is 7.55. The summed E-state index contributed by atoms with van der Waals surface area (Å²) in [6.45, 7) is -2.73. The molecular weight excluding hydrogens is 389 g/mol. The summed E-state index contributed by atoms with van der Waals surface area (Å²) in [5.41, 5.74) is 1.85. The van der Waals surface area contributed by atoms with Crippen LogP contribution in [-0.4, -0.2) is 32.4 Å². The number of sulfonamides is 1. The van der Waals surface area contributed by atoms with Gasteiger partial charge in [-0.25, -0.2) is 21.9 Å². The van der Waals surface area contributed by atoms with Crippen molar-refractivity contribution in [3.05, 3.63) is 33.9 Å². The SMILES string of the molecule is Cl.NCC(F)(F)CNS(=O)(=O)c1ccc([N+](=O)[O-])cc1C(F)(F)F. The number of rotatable bonds is 6. The molecule has 0 aliphatic rings. The van der Waals surface area contributed by atoms with Gasteiger partial charge in [-0.15, -0.1) is 12.4 Å². The molecule has 0 heterocycles. The van der Waals surface area contributed by atoms with E-state index in [1.54, 1.807) is 0 Å². The lowest BCUT2D eigenvalue weighted by Gasteiger charge is -2.17. The van der Waals surface area contributed by atoms with Crippen LogP contribution in [0, 0.1) is 10.1 Å². The molecular formula is C10H11ClF5N3O4S. The van der Waals surface area contributed by atoms with Gasteiger partial charge in [-0.2, -0.15) is 13.2 Å². The van der Waals surface area contributed by atoms with Crippen LogP contribution in [0.5, 0.6) is 0 Å². The normalized spacial score (nSPS) is 12.6. The Morgan fingerprint density at radius 1 is 1.21 bits per heavy atom. The van der Waals surface area contributed by atoms with Crippen molar-refractivity contribution in [2.45, 2.75) is 17.0 Å². The van der Waals surface area contributed by atoms with Crippen molar-refractivity contribution in [1.29, 1.82) is 0 Å². The van der Waals surface area contributed by atoms with E-state index in [1.807, 2.05) is 0 Å². The van der Waals surface area contributed by atoms with Crippen LogP contribution >= 0.6 is 12.4 Å². The highest BCUT2D eigenvalue weighted by atomic mass is 35.5. The van der Waals surface area contributed by atoms with Crippen LogP contribution in [0.1, 0.15) is 5.56 Å². The van der Waals surface area contributed by atoms with Crippen LogP contribution in [0.3, 0.4) is 0 Å². The molecule has 0 unspecified atom stereocenters. The molecule has 1 rings (SSSR count). The van der Waals surface area contributed by atoms with E-state index in [0.717, 1.165) is 0 Å². The maximum absolute atomic E-state index is 12.9. The van der Waals surface area contributed by atoms with E-state index in [2.05, 4.69) is 5.73 Å². The lowest BCUT2D eigenvalue weighted by molar-refractivity contribution is -0.385. The van der Waals surface area contributed by atoms with E-state index in [4.69, 9.17) is 0 Å². The molecule has 0 atom stereocenters. The van der Waals surface area contributed by atoms with E-state index in [-0.39, 0.29) is 18.5 Å². The van der Waals surface area contributed by atoms with Crippen LogP contribution in [0.25, 0.3) is 0 Å². The molecule has 3 N–H and O–H groups in total. The van der Waals surface area contributed by atoms with E-state index in [0.29, 0.717) is 12.1 Å². The van der Waals surface area contributed by atoms with Crippen LogP contribution in [0.15, 0.2) is 23.1 Å². The Morgan fingerprint density at radius 2 is 1.75 bits per heavy atom. The van der Waals surface area contributed by atoms with Gasteiger partial charge in [0.25, 0.3) is 11.6 Å². The molecule has 0 amide bonds. The number of nitro groups is 1. The van der Waals surface area contributed by atoms with Crippen molar-refractivity contribution in [3.63, 3.8) is 0 Å². The highest BCUT2D eigenvalue weighted by molar-refractivity contribution is 7.89. The van der Waals surface area contributed by atoms with Crippen LogP contribution in [-0.2, 0) is 16.2 Å². The third-order valence-electron chi connectivity index (χ3n) is 2.59. The van der Waals surface area contributed by atoms with Crippen LogP contribution in [0.4, 0.5) is 27.6 Å². The molecule has 0 saturated carbocycles. The second-order valence-electron chi connectivity index (χ2n) is 4.32. The summed E-state index contributed by atoms with van der Waals surface area (Å²) in [6.07, 6.45) is -5.24. The fourth-order valence-electron chi connectivity index (χ4n) is 1.44. The van der Waals surface area contributed by atoms with Gasteiger partial charge in [0.15, 0.2) is 0 Å². The lowest BCUT2D eigenvalue weighted by Crippen LogP contribution is -2.41. The lowest BCUT2D eigenvalue weighted by atomic mass is 10.2. The molecule has 0 aliphatic carbocycles. The smallest absolute Gasteiger partial charge is 0.325 e. The quantitative estimate of drug-likeness (QED) is 0.430. The third kappa shape index (κ3) is 5.51. The maximum Gasteiger partial charge on any atom is 0.417 e. The summed E-state index contributed by atoms with van der Waals surface area (Å²) in [5.74, 6) is -3.66. The monoisotopic (exact) mass is 399 g/mol. The topological polar surface area (TPSA) is 115 Å². The molecule has 0 radical (unpaired) electrons. The molecule has 0 aliphatic heterocycles. The number of benzene rings is 1. The number of non-ortho nitro benzene ring substituents is 1. The Balaban J connectivity index is 0.00000529. The predicted octanol–water partition coefficient (Wildman–Crippen LogP) is 1.91. The van der Waals surface area contributed by atoms with Gasteiger partial charge in [0.1, 0.15) is 0 Å². The van der Waals surface area contributed by atoms with Gasteiger partial charge in [-0.3, -0.25) is 10.1 Å². The van der Waals surface area contributed by atoms with Crippen molar-refractivity contribution >= 4 is 28.1 Å². The number of alkyl halides is 5. The van der Waals surface area contributed by atoms with Crippen molar-refractivity contribution in [2.24, 2.45) is 5.73 Å². The first kappa shape index (κ1) is 22.4. The number of nitrogens with two attached hydrogens (primary N) is 1. The molecule has 0 aromatic heterocycles. The first-order valence-corrected chi connectivity index (χ1v) is 7.22. The standard InChI is InChI=1S/C10H10F5N3O4S.ClH/c11-9(12,4-16)5-17-23(21,22)8-2-1-6(18(19)20)3-7(8)10(13,14)15;/h1-3,17H,4-5,16H2;1H.